The Kier molecular flexibility index (Phi) is 13.2. The number of esters is 2. The minimum absolute atomic E-state index is 0.0880. The van der Waals surface area contributed by atoms with Gasteiger partial charge in [-0.05, 0) is 69.2 Å². The molecule has 2 aliphatic heterocycles. The molecule has 2 N–H and O–H groups in total. The van der Waals surface area contributed by atoms with Crippen molar-refractivity contribution in [3.05, 3.63) is 66.3 Å². The Morgan fingerprint density at radius 3 is 2.55 bits per heavy atom. The number of carbonyl (C=O) groups is 2. The molecule has 1 aromatic rings. The lowest BCUT2D eigenvalue weighted by atomic mass is 9.88. The van der Waals surface area contributed by atoms with Gasteiger partial charge in [-0.1, -0.05) is 70.2 Å². The van der Waals surface area contributed by atoms with Gasteiger partial charge in [0.1, 0.15) is 29.7 Å². The van der Waals surface area contributed by atoms with Crippen LogP contribution in [0.25, 0.3) is 0 Å². The first-order valence-electron chi connectivity index (χ1n) is 16.0. The highest BCUT2D eigenvalue weighted by atomic mass is 16.6. The summed E-state index contributed by atoms with van der Waals surface area (Å²) in [5, 5.41) is 21.4. The lowest BCUT2D eigenvalue weighted by Gasteiger charge is -2.32. The van der Waals surface area contributed by atoms with Crippen LogP contribution in [0.1, 0.15) is 80.6 Å². The van der Waals surface area contributed by atoms with Crippen LogP contribution in [-0.4, -0.2) is 64.4 Å². The molecule has 10 atom stereocenters. The Hall–Kier alpha value is -2.94. The summed E-state index contributed by atoms with van der Waals surface area (Å²) in [5.41, 5.74) is -0.570. The van der Waals surface area contributed by atoms with E-state index in [9.17, 15) is 19.8 Å². The quantitative estimate of drug-likeness (QED) is 0.133. The molecule has 8 heteroatoms. The number of epoxide rings is 1. The number of aliphatic hydroxyl groups is 2. The van der Waals surface area contributed by atoms with Crippen LogP contribution >= 0.6 is 0 Å². The van der Waals surface area contributed by atoms with Gasteiger partial charge in [0, 0.05) is 18.8 Å². The van der Waals surface area contributed by atoms with E-state index >= 15 is 0 Å². The minimum Gasteiger partial charge on any atom is -0.490 e. The van der Waals surface area contributed by atoms with E-state index in [-0.39, 0.29) is 55.3 Å². The summed E-state index contributed by atoms with van der Waals surface area (Å²) in [4.78, 5) is 24.4. The third kappa shape index (κ3) is 10.9. The molecule has 0 aliphatic carbocycles. The third-order valence-corrected chi connectivity index (χ3v) is 8.63. The third-order valence-electron chi connectivity index (χ3n) is 8.63. The van der Waals surface area contributed by atoms with Gasteiger partial charge in [-0.25, -0.2) is 0 Å². The molecule has 0 spiro atoms. The average Bonchev–Trinajstić information content (AvgIpc) is 3.73. The largest absolute Gasteiger partial charge is 0.490 e. The molecule has 0 radical (unpaired) electrons. The number of para-hydroxylation sites is 1. The molecule has 10 unspecified atom stereocenters. The summed E-state index contributed by atoms with van der Waals surface area (Å²) in [6.07, 6.45) is 9.40. The van der Waals surface area contributed by atoms with Crippen LogP contribution in [-0.2, 0) is 23.8 Å². The average molecular weight is 613 g/mol. The molecule has 0 amide bonds. The molecule has 2 aliphatic rings. The molecule has 0 saturated carbocycles. The van der Waals surface area contributed by atoms with E-state index in [2.05, 4.69) is 26.8 Å². The molecule has 1 fully saturated rings. The normalized spacial score (nSPS) is 32.1. The second-order valence-electron chi connectivity index (χ2n) is 12.8. The van der Waals surface area contributed by atoms with Crippen molar-refractivity contribution in [1.29, 1.82) is 0 Å². The van der Waals surface area contributed by atoms with Crippen LogP contribution < -0.4 is 4.74 Å². The number of carbonyl (C=O) groups excluding carboxylic acids is 2. The van der Waals surface area contributed by atoms with Crippen LogP contribution in [0.4, 0.5) is 0 Å². The summed E-state index contributed by atoms with van der Waals surface area (Å²) in [6, 6.07) is 9.91. The first-order valence-corrected chi connectivity index (χ1v) is 16.0. The van der Waals surface area contributed by atoms with Gasteiger partial charge in [0.2, 0.25) is 0 Å². The SMILES string of the molecule is CCC(Oc1ccccc1)C(C)C1OC1CC(C)C=CC=C(C)C1OC(=O)CC(O)CCC(C)(O)C(OC(C)=O)C=CC1C. The van der Waals surface area contributed by atoms with Crippen LogP contribution in [0.3, 0.4) is 0 Å². The maximum Gasteiger partial charge on any atom is 0.309 e. The summed E-state index contributed by atoms with van der Waals surface area (Å²) >= 11 is 0. The van der Waals surface area contributed by atoms with Crippen molar-refractivity contribution in [2.45, 2.75) is 123 Å². The number of rotatable bonds is 11. The molecule has 244 valence electrons. The molecule has 0 bridgehead atoms. The lowest BCUT2D eigenvalue weighted by Crippen LogP contribution is -2.42. The van der Waals surface area contributed by atoms with E-state index in [1.165, 1.54) is 6.92 Å². The standard InChI is InChI=1S/C36H52O8/c1-8-30(42-29-15-10-9-11-16-29)26(5)35-31(43-35)21-23(2)13-12-14-24(3)34-25(4)17-18-32(41-27(6)37)36(7,40)20-19-28(38)22-33(39)44-34/h9-18,23,25-26,28,30-32,34-35,38,40H,8,19-22H2,1-7H3. The lowest BCUT2D eigenvalue weighted by molar-refractivity contribution is -0.157. The molecule has 0 aromatic heterocycles. The molecule has 2 heterocycles. The number of aliphatic hydroxyl groups excluding tert-OH is 1. The molecule has 3 rings (SSSR count). The number of benzene rings is 1. The van der Waals surface area contributed by atoms with Crippen LogP contribution in [0.15, 0.2) is 66.3 Å². The van der Waals surface area contributed by atoms with Crippen molar-refractivity contribution in [3.63, 3.8) is 0 Å². The molecule has 1 aromatic carbocycles. The monoisotopic (exact) mass is 612 g/mol. The van der Waals surface area contributed by atoms with Crippen molar-refractivity contribution in [2.75, 3.05) is 0 Å². The van der Waals surface area contributed by atoms with Crippen LogP contribution in [0.2, 0.25) is 0 Å². The second kappa shape index (κ2) is 16.4. The maximum absolute atomic E-state index is 12.7. The van der Waals surface area contributed by atoms with E-state index in [1.807, 2.05) is 56.3 Å². The van der Waals surface area contributed by atoms with Gasteiger partial charge in [-0.3, -0.25) is 9.59 Å². The van der Waals surface area contributed by atoms with Crippen molar-refractivity contribution in [3.8, 4) is 5.75 Å². The predicted octanol–water partition coefficient (Wildman–Crippen LogP) is 6.11. The summed E-state index contributed by atoms with van der Waals surface area (Å²) in [7, 11) is 0. The van der Waals surface area contributed by atoms with Gasteiger partial charge in [-0.15, -0.1) is 0 Å². The second-order valence-corrected chi connectivity index (χ2v) is 12.8. The van der Waals surface area contributed by atoms with Gasteiger partial charge in [0.25, 0.3) is 0 Å². The Balaban J connectivity index is 1.63. The fourth-order valence-electron chi connectivity index (χ4n) is 5.82. The molecular formula is C36H52O8. The van der Waals surface area contributed by atoms with E-state index in [0.29, 0.717) is 0 Å². The van der Waals surface area contributed by atoms with E-state index < -0.39 is 35.9 Å². The van der Waals surface area contributed by atoms with Crippen LogP contribution in [0, 0.1) is 17.8 Å². The highest BCUT2D eigenvalue weighted by molar-refractivity contribution is 5.70. The van der Waals surface area contributed by atoms with Gasteiger partial charge in [0.05, 0.1) is 24.7 Å². The van der Waals surface area contributed by atoms with E-state index in [4.69, 9.17) is 18.9 Å². The number of hydrogen-bond donors (Lipinski definition) is 2. The smallest absolute Gasteiger partial charge is 0.309 e. The zero-order chi connectivity index (χ0) is 32.4. The molecular weight excluding hydrogens is 560 g/mol. The first kappa shape index (κ1) is 35.5. The minimum atomic E-state index is -1.40. The summed E-state index contributed by atoms with van der Waals surface area (Å²) in [6.45, 7) is 13.2. The van der Waals surface area contributed by atoms with Crippen molar-refractivity contribution in [2.24, 2.45) is 17.8 Å². The number of hydrogen-bond acceptors (Lipinski definition) is 8. The highest BCUT2D eigenvalue weighted by Crippen LogP contribution is 2.37. The van der Waals surface area contributed by atoms with Crippen molar-refractivity contribution in [1.82, 2.24) is 0 Å². The predicted molar refractivity (Wildman–Crippen MR) is 170 cm³/mol. The Bertz CT molecular complexity index is 1160. The maximum atomic E-state index is 12.7. The zero-order valence-corrected chi connectivity index (χ0v) is 27.3. The fraction of sp³-hybridized carbons (Fsp3) is 0.611. The van der Waals surface area contributed by atoms with Crippen LogP contribution in [0.5, 0.6) is 5.75 Å². The van der Waals surface area contributed by atoms with Gasteiger partial charge in [0.15, 0.2) is 0 Å². The Morgan fingerprint density at radius 2 is 1.89 bits per heavy atom. The Labute approximate surface area is 263 Å². The molecule has 8 nitrogen and oxygen atoms in total. The number of cyclic esters (lactones) is 1. The van der Waals surface area contributed by atoms with Gasteiger partial charge < -0.3 is 29.2 Å². The van der Waals surface area contributed by atoms with Crippen molar-refractivity contribution < 1.29 is 38.7 Å². The number of allylic oxidation sites excluding steroid dienone is 3. The summed E-state index contributed by atoms with van der Waals surface area (Å²) in [5.74, 6) is 0.133. The van der Waals surface area contributed by atoms with Gasteiger partial charge >= 0.3 is 11.9 Å². The first-order chi connectivity index (χ1) is 20.8. The van der Waals surface area contributed by atoms with Crippen molar-refractivity contribution >= 4 is 11.9 Å². The number of ether oxygens (including phenoxy) is 4. The zero-order valence-electron chi connectivity index (χ0n) is 27.3. The fourth-order valence-corrected chi connectivity index (χ4v) is 5.82. The molecule has 1 saturated heterocycles. The Morgan fingerprint density at radius 1 is 1.18 bits per heavy atom. The van der Waals surface area contributed by atoms with E-state index in [0.717, 1.165) is 24.2 Å². The van der Waals surface area contributed by atoms with E-state index in [1.54, 1.807) is 19.1 Å². The topological polar surface area (TPSA) is 115 Å². The van der Waals surface area contributed by atoms with Gasteiger partial charge in [-0.2, -0.15) is 0 Å². The molecule has 44 heavy (non-hydrogen) atoms. The summed E-state index contributed by atoms with van der Waals surface area (Å²) < 4.78 is 23.5. The highest BCUT2D eigenvalue weighted by Gasteiger charge is 2.46.